The van der Waals surface area contributed by atoms with Gasteiger partial charge in [0.2, 0.25) is 5.91 Å². The van der Waals surface area contributed by atoms with Crippen LogP contribution in [0.2, 0.25) is 0 Å². The molecule has 1 saturated heterocycles. The number of anilines is 1. The summed E-state index contributed by atoms with van der Waals surface area (Å²) in [5, 5.41) is 2.95. The predicted octanol–water partition coefficient (Wildman–Crippen LogP) is 2.15. The summed E-state index contributed by atoms with van der Waals surface area (Å²) < 4.78 is 0. The van der Waals surface area contributed by atoms with E-state index in [-0.39, 0.29) is 18.0 Å². The lowest BCUT2D eigenvalue weighted by Gasteiger charge is -2.22. The molecule has 114 valence electrons. The van der Waals surface area contributed by atoms with E-state index in [9.17, 15) is 9.59 Å². The summed E-state index contributed by atoms with van der Waals surface area (Å²) in [5.74, 6) is 0.0590. The number of nitrogens with zero attached hydrogens (tertiary/aromatic N) is 2. The van der Waals surface area contributed by atoms with Gasteiger partial charge < -0.3 is 15.1 Å². The largest absolute Gasteiger partial charge is 0.333 e. The third-order valence-electron chi connectivity index (χ3n) is 3.85. The molecule has 1 aromatic rings. The standard InChI is InChI=1S/C16H23N3O2/c1-4-18(5-2)16(21)17-13-10-15(20)19(11-13)14-8-6-12(3)7-9-14/h6-9,13H,4-5,10-11H2,1-3H3,(H,17,21)/t13-/m1/s1. The van der Waals surface area contributed by atoms with Crippen molar-refractivity contribution in [2.75, 3.05) is 24.5 Å². The van der Waals surface area contributed by atoms with Crippen LogP contribution in [-0.4, -0.2) is 42.5 Å². The summed E-state index contributed by atoms with van der Waals surface area (Å²) in [4.78, 5) is 27.6. The number of hydrogen-bond acceptors (Lipinski definition) is 2. The lowest BCUT2D eigenvalue weighted by molar-refractivity contribution is -0.117. The molecule has 1 heterocycles. The first-order valence-electron chi connectivity index (χ1n) is 7.47. The maximum absolute atomic E-state index is 12.1. The average Bonchev–Trinajstić information content (AvgIpc) is 2.81. The van der Waals surface area contributed by atoms with Gasteiger partial charge in [-0.25, -0.2) is 4.79 Å². The molecule has 1 atom stereocenters. The Morgan fingerprint density at radius 3 is 2.48 bits per heavy atom. The fraction of sp³-hybridized carbons (Fsp3) is 0.500. The second kappa shape index (κ2) is 6.61. The molecule has 1 fully saturated rings. The highest BCUT2D eigenvalue weighted by atomic mass is 16.2. The molecule has 3 amide bonds. The van der Waals surface area contributed by atoms with Crippen molar-refractivity contribution in [2.24, 2.45) is 0 Å². The van der Waals surface area contributed by atoms with Gasteiger partial charge in [-0.15, -0.1) is 0 Å². The molecule has 0 saturated carbocycles. The van der Waals surface area contributed by atoms with Gasteiger partial charge >= 0.3 is 6.03 Å². The molecular formula is C16H23N3O2. The molecule has 0 aromatic heterocycles. The van der Waals surface area contributed by atoms with Crippen molar-refractivity contribution in [3.05, 3.63) is 29.8 Å². The Hall–Kier alpha value is -2.04. The first-order chi connectivity index (χ1) is 10.0. The molecule has 1 aliphatic rings. The molecular weight excluding hydrogens is 266 g/mol. The highest BCUT2D eigenvalue weighted by Crippen LogP contribution is 2.22. The second-order valence-corrected chi connectivity index (χ2v) is 5.36. The molecule has 1 N–H and O–H groups in total. The first kappa shape index (κ1) is 15.4. The van der Waals surface area contributed by atoms with Crippen LogP contribution in [0, 0.1) is 6.92 Å². The van der Waals surface area contributed by atoms with E-state index in [4.69, 9.17) is 0 Å². The van der Waals surface area contributed by atoms with Crippen LogP contribution in [0.1, 0.15) is 25.8 Å². The molecule has 1 aliphatic heterocycles. The van der Waals surface area contributed by atoms with Gasteiger partial charge in [0, 0.05) is 31.7 Å². The second-order valence-electron chi connectivity index (χ2n) is 5.36. The van der Waals surface area contributed by atoms with Crippen molar-refractivity contribution in [2.45, 2.75) is 33.2 Å². The van der Waals surface area contributed by atoms with Crippen LogP contribution in [0.15, 0.2) is 24.3 Å². The van der Waals surface area contributed by atoms with Crippen molar-refractivity contribution in [1.82, 2.24) is 10.2 Å². The number of benzene rings is 1. The summed E-state index contributed by atoms with van der Waals surface area (Å²) in [6.07, 6.45) is 0.362. The van der Waals surface area contributed by atoms with E-state index in [2.05, 4.69) is 5.32 Å². The van der Waals surface area contributed by atoms with Crippen LogP contribution in [0.25, 0.3) is 0 Å². The van der Waals surface area contributed by atoms with Gasteiger partial charge in [-0.1, -0.05) is 17.7 Å². The Kier molecular flexibility index (Phi) is 4.83. The van der Waals surface area contributed by atoms with Crippen molar-refractivity contribution < 1.29 is 9.59 Å². The van der Waals surface area contributed by atoms with Gasteiger partial charge in [-0.05, 0) is 32.9 Å². The van der Waals surface area contributed by atoms with Crippen LogP contribution < -0.4 is 10.2 Å². The summed E-state index contributed by atoms with van der Waals surface area (Å²) in [5.41, 5.74) is 2.06. The number of rotatable bonds is 4. The molecule has 5 heteroatoms. The first-order valence-corrected chi connectivity index (χ1v) is 7.47. The minimum absolute atomic E-state index is 0.0590. The maximum Gasteiger partial charge on any atom is 0.317 e. The number of urea groups is 1. The lowest BCUT2D eigenvalue weighted by Crippen LogP contribution is -2.45. The fourth-order valence-corrected chi connectivity index (χ4v) is 2.56. The zero-order chi connectivity index (χ0) is 15.4. The fourth-order valence-electron chi connectivity index (χ4n) is 2.56. The van der Waals surface area contributed by atoms with Crippen molar-refractivity contribution in [3.63, 3.8) is 0 Å². The Balaban J connectivity index is 1.99. The number of hydrogen-bond donors (Lipinski definition) is 1. The van der Waals surface area contributed by atoms with Crippen LogP contribution >= 0.6 is 0 Å². The minimum atomic E-state index is -0.119. The van der Waals surface area contributed by atoms with E-state index in [0.717, 1.165) is 11.3 Å². The molecule has 0 aliphatic carbocycles. The van der Waals surface area contributed by atoms with E-state index in [1.54, 1.807) is 9.80 Å². The third kappa shape index (κ3) is 3.54. The van der Waals surface area contributed by atoms with Crippen molar-refractivity contribution in [3.8, 4) is 0 Å². The number of amides is 3. The number of nitrogens with one attached hydrogen (secondary N) is 1. The third-order valence-corrected chi connectivity index (χ3v) is 3.85. The molecule has 5 nitrogen and oxygen atoms in total. The summed E-state index contributed by atoms with van der Waals surface area (Å²) in [7, 11) is 0. The van der Waals surface area contributed by atoms with Crippen LogP contribution in [0.5, 0.6) is 0 Å². The van der Waals surface area contributed by atoms with E-state index < -0.39 is 0 Å². The van der Waals surface area contributed by atoms with Gasteiger partial charge in [-0.2, -0.15) is 0 Å². The van der Waals surface area contributed by atoms with Crippen LogP contribution in [-0.2, 0) is 4.79 Å². The monoisotopic (exact) mass is 289 g/mol. The van der Waals surface area contributed by atoms with Crippen LogP contribution in [0.3, 0.4) is 0 Å². The van der Waals surface area contributed by atoms with Gasteiger partial charge in [-0.3, -0.25) is 4.79 Å². The Morgan fingerprint density at radius 1 is 1.29 bits per heavy atom. The van der Waals surface area contributed by atoms with Gasteiger partial charge in [0.05, 0.1) is 6.04 Å². The quantitative estimate of drug-likeness (QED) is 0.923. The molecule has 21 heavy (non-hydrogen) atoms. The highest BCUT2D eigenvalue weighted by Gasteiger charge is 2.32. The maximum atomic E-state index is 12.1. The zero-order valence-corrected chi connectivity index (χ0v) is 12.9. The van der Waals surface area contributed by atoms with E-state index in [0.29, 0.717) is 26.1 Å². The minimum Gasteiger partial charge on any atom is -0.333 e. The summed E-state index contributed by atoms with van der Waals surface area (Å²) in [6, 6.07) is 7.66. The smallest absolute Gasteiger partial charge is 0.317 e. The molecule has 0 bridgehead atoms. The molecule has 1 aromatic carbocycles. The number of carbonyl (C=O) groups excluding carboxylic acids is 2. The van der Waals surface area contributed by atoms with Crippen LogP contribution in [0.4, 0.5) is 10.5 Å². The van der Waals surface area contributed by atoms with Crippen molar-refractivity contribution >= 4 is 17.6 Å². The topological polar surface area (TPSA) is 52.7 Å². The zero-order valence-electron chi connectivity index (χ0n) is 12.9. The van der Waals surface area contributed by atoms with E-state index >= 15 is 0 Å². The normalized spacial score (nSPS) is 18.0. The summed E-state index contributed by atoms with van der Waals surface area (Å²) in [6.45, 7) is 7.79. The van der Waals surface area contributed by atoms with Gasteiger partial charge in [0.25, 0.3) is 0 Å². The van der Waals surface area contributed by atoms with E-state index in [1.807, 2.05) is 45.0 Å². The SMILES string of the molecule is CCN(CC)C(=O)N[C@@H]1CC(=O)N(c2ccc(C)cc2)C1. The molecule has 2 rings (SSSR count). The number of aryl methyl sites for hydroxylation is 1. The van der Waals surface area contributed by atoms with Gasteiger partial charge in [0.15, 0.2) is 0 Å². The Morgan fingerprint density at radius 2 is 1.90 bits per heavy atom. The molecule has 0 unspecified atom stereocenters. The molecule has 0 radical (unpaired) electrons. The van der Waals surface area contributed by atoms with Gasteiger partial charge in [0.1, 0.15) is 0 Å². The van der Waals surface area contributed by atoms with E-state index in [1.165, 1.54) is 0 Å². The Labute approximate surface area is 125 Å². The lowest BCUT2D eigenvalue weighted by atomic mass is 10.2. The summed E-state index contributed by atoms with van der Waals surface area (Å²) >= 11 is 0. The average molecular weight is 289 g/mol. The molecule has 0 spiro atoms. The van der Waals surface area contributed by atoms with Crippen molar-refractivity contribution in [1.29, 1.82) is 0 Å². The predicted molar refractivity (Wildman–Crippen MR) is 83.4 cm³/mol. The highest BCUT2D eigenvalue weighted by molar-refractivity contribution is 5.96. The Bertz CT molecular complexity index is 509. The number of carbonyl (C=O) groups is 2.